The molecule has 8 heteroatoms. The van der Waals surface area contributed by atoms with Crippen LogP contribution in [0.2, 0.25) is 0 Å². The van der Waals surface area contributed by atoms with E-state index in [1.165, 1.54) is 30.4 Å². The number of amides is 1. The summed E-state index contributed by atoms with van der Waals surface area (Å²) >= 11 is 1.34. The van der Waals surface area contributed by atoms with Crippen molar-refractivity contribution >= 4 is 27.1 Å². The molecule has 0 unspecified atom stereocenters. The highest BCUT2D eigenvalue weighted by atomic mass is 32.2. The average molecular weight is 353 g/mol. The van der Waals surface area contributed by atoms with Crippen molar-refractivity contribution in [3.8, 4) is 11.5 Å². The summed E-state index contributed by atoms with van der Waals surface area (Å²) in [6.07, 6.45) is 0. The molecular formula is C15H15NO5S2. The number of carbonyl (C=O) groups is 1. The van der Waals surface area contributed by atoms with Crippen LogP contribution in [-0.4, -0.2) is 27.7 Å². The van der Waals surface area contributed by atoms with Gasteiger partial charge in [-0.15, -0.1) is 11.3 Å². The van der Waals surface area contributed by atoms with Crippen LogP contribution in [0.4, 0.5) is 0 Å². The zero-order valence-electron chi connectivity index (χ0n) is 12.3. The number of ether oxygens (including phenoxy) is 2. The number of thiophene rings is 1. The minimum Gasteiger partial charge on any atom is -0.454 e. The lowest BCUT2D eigenvalue weighted by molar-refractivity contribution is -0.118. The Labute approximate surface area is 138 Å². The SMILES string of the molecule is CC(=O)NC[C@H](c1cccs1)S(=O)(=O)c1ccc2c(c1)OCO2. The van der Waals surface area contributed by atoms with Crippen LogP contribution in [0.25, 0.3) is 0 Å². The molecule has 1 aromatic carbocycles. The van der Waals surface area contributed by atoms with Crippen molar-refractivity contribution in [1.82, 2.24) is 5.32 Å². The third kappa shape index (κ3) is 3.18. The zero-order valence-corrected chi connectivity index (χ0v) is 13.9. The van der Waals surface area contributed by atoms with Crippen LogP contribution in [0.15, 0.2) is 40.6 Å². The molecule has 1 amide bonds. The fourth-order valence-corrected chi connectivity index (χ4v) is 5.09. The number of nitrogens with one attached hydrogen (secondary N) is 1. The first kappa shape index (κ1) is 15.8. The van der Waals surface area contributed by atoms with E-state index < -0.39 is 15.1 Å². The molecule has 0 radical (unpaired) electrons. The van der Waals surface area contributed by atoms with Crippen LogP contribution in [-0.2, 0) is 14.6 Å². The Bertz CT molecular complexity index is 814. The number of sulfone groups is 1. The highest BCUT2D eigenvalue weighted by molar-refractivity contribution is 7.91. The molecule has 1 aromatic heterocycles. The summed E-state index contributed by atoms with van der Waals surface area (Å²) in [6.45, 7) is 1.46. The standard InChI is InChI=1S/C15H15NO5S2/c1-10(17)16-8-15(14-3-2-6-22-14)23(18,19)11-4-5-12-13(7-11)21-9-20-12/h2-7,15H,8-9H2,1H3,(H,16,17)/t15-/m1/s1. The van der Waals surface area contributed by atoms with E-state index in [1.807, 2.05) is 5.38 Å². The highest BCUT2D eigenvalue weighted by Crippen LogP contribution is 2.37. The molecule has 1 atom stereocenters. The van der Waals surface area contributed by atoms with Crippen LogP contribution < -0.4 is 14.8 Å². The van der Waals surface area contributed by atoms with E-state index in [1.54, 1.807) is 18.2 Å². The first-order valence-electron chi connectivity index (χ1n) is 6.90. The van der Waals surface area contributed by atoms with Crippen molar-refractivity contribution in [3.63, 3.8) is 0 Å². The van der Waals surface area contributed by atoms with Crippen molar-refractivity contribution in [1.29, 1.82) is 0 Å². The maximum Gasteiger partial charge on any atom is 0.231 e. The Morgan fingerprint density at radius 2 is 2.09 bits per heavy atom. The highest BCUT2D eigenvalue weighted by Gasteiger charge is 2.31. The van der Waals surface area contributed by atoms with Gasteiger partial charge in [-0.2, -0.15) is 0 Å². The topological polar surface area (TPSA) is 81.7 Å². The smallest absolute Gasteiger partial charge is 0.231 e. The van der Waals surface area contributed by atoms with Crippen molar-refractivity contribution in [2.45, 2.75) is 17.1 Å². The maximum atomic E-state index is 13.0. The quantitative estimate of drug-likeness (QED) is 0.890. The van der Waals surface area contributed by atoms with E-state index in [-0.39, 0.29) is 24.1 Å². The van der Waals surface area contributed by atoms with Crippen LogP contribution in [0.5, 0.6) is 11.5 Å². The second kappa shape index (κ2) is 6.21. The van der Waals surface area contributed by atoms with Crippen LogP contribution in [0.1, 0.15) is 17.1 Å². The third-order valence-corrected chi connectivity index (χ3v) is 6.66. The van der Waals surface area contributed by atoms with Gasteiger partial charge in [-0.3, -0.25) is 4.79 Å². The first-order valence-corrected chi connectivity index (χ1v) is 9.32. The molecule has 0 saturated heterocycles. The first-order chi connectivity index (χ1) is 11.0. The Hall–Kier alpha value is -2.06. The van der Waals surface area contributed by atoms with Crippen molar-refractivity contribution < 1.29 is 22.7 Å². The minimum atomic E-state index is -3.68. The van der Waals surface area contributed by atoms with Crippen LogP contribution in [0, 0.1) is 0 Å². The Kier molecular flexibility index (Phi) is 4.27. The number of benzene rings is 1. The molecule has 2 heterocycles. The molecule has 0 fully saturated rings. The summed E-state index contributed by atoms with van der Waals surface area (Å²) in [4.78, 5) is 12.0. The Morgan fingerprint density at radius 1 is 1.30 bits per heavy atom. The Balaban J connectivity index is 1.98. The summed E-state index contributed by atoms with van der Waals surface area (Å²) in [5.74, 6) is 0.668. The van der Waals surface area contributed by atoms with Crippen LogP contribution in [0.3, 0.4) is 0 Å². The second-order valence-electron chi connectivity index (χ2n) is 5.00. The lowest BCUT2D eigenvalue weighted by Crippen LogP contribution is -2.29. The van der Waals surface area contributed by atoms with Gasteiger partial charge in [0.25, 0.3) is 0 Å². The van der Waals surface area contributed by atoms with E-state index in [2.05, 4.69) is 5.32 Å². The molecular weight excluding hydrogens is 338 g/mol. The molecule has 6 nitrogen and oxygen atoms in total. The number of rotatable bonds is 5. The fraction of sp³-hybridized carbons (Fsp3) is 0.267. The maximum absolute atomic E-state index is 13.0. The van der Waals surface area contributed by atoms with Crippen molar-refractivity contribution in [2.24, 2.45) is 0 Å². The summed E-state index contributed by atoms with van der Waals surface area (Å²) in [6, 6.07) is 8.08. The predicted molar refractivity (Wildman–Crippen MR) is 85.5 cm³/mol. The van der Waals surface area contributed by atoms with Gasteiger partial charge >= 0.3 is 0 Å². The molecule has 0 aliphatic carbocycles. The normalized spacial score (nSPS) is 14.5. The van der Waals surface area contributed by atoms with Gasteiger partial charge in [0, 0.05) is 24.4 Å². The van der Waals surface area contributed by atoms with E-state index in [9.17, 15) is 13.2 Å². The molecule has 2 aromatic rings. The van der Waals surface area contributed by atoms with Gasteiger partial charge in [-0.1, -0.05) is 6.07 Å². The molecule has 0 bridgehead atoms. The molecule has 1 N–H and O–H groups in total. The van der Waals surface area contributed by atoms with Gasteiger partial charge < -0.3 is 14.8 Å². The molecule has 0 spiro atoms. The molecule has 1 aliphatic rings. The summed E-state index contributed by atoms with van der Waals surface area (Å²) in [5.41, 5.74) is 0. The van der Waals surface area contributed by atoms with Gasteiger partial charge in [0.2, 0.25) is 12.7 Å². The predicted octanol–water partition coefficient (Wildman–Crippen LogP) is 2.13. The minimum absolute atomic E-state index is 0.0205. The van der Waals surface area contributed by atoms with E-state index in [4.69, 9.17) is 9.47 Å². The van der Waals surface area contributed by atoms with E-state index in [0.29, 0.717) is 16.4 Å². The number of carbonyl (C=O) groups excluding carboxylic acids is 1. The van der Waals surface area contributed by atoms with Gasteiger partial charge in [-0.25, -0.2) is 8.42 Å². The molecule has 23 heavy (non-hydrogen) atoms. The van der Waals surface area contributed by atoms with Gasteiger partial charge in [0.05, 0.1) is 4.90 Å². The lowest BCUT2D eigenvalue weighted by Gasteiger charge is -2.17. The van der Waals surface area contributed by atoms with Crippen molar-refractivity contribution in [3.05, 3.63) is 40.6 Å². The number of fused-ring (bicyclic) bond motifs is 1. The Morgan fingerprint density at radius 3 is 2.78 bits per heavy atom. The number of hydrogen-bond acceptors (Lipinski definition) is 6. The van der Waals surface area contributed by atoms with Gasteiger partial charge in [-0.05, 0) is 23.6 Å². The van der Waals surface area contributed by atoms with Crippen molar-refractivity contribution in [2.75, 3.05) is 13.3 Å². The monoisotopic (exact) mass is 353 g/mol. The van der Waals surface area contributed by atoms with Gasteiger partial charge in [0.1, 0.15) is 5.25 Å². The largest absolute Gasteiger partial charge is 0.454 e. The summed E-state index contributed by atoms with van der Waals surface area (Å²) < 4.78 is 36.5. The third-order valence-electron chi connectivity index (χ3n) is 3.44. The van der Waals surface area contributed by atoms with Crippen LogP contribution >= 0.6 is 11.3 Å². The second-order valence-corrected chi connectivity index (χ2v) is 8.11. The summed E-state index contributed by atoms with van der Waals surface area (Å²) in [7, 11) is -3.68. The molecule has 0 saturated carbocycles. The fourth-order valence-electron chi connectivity index (χ4n) is 2.29. The molecule has 122 valence electrons. The van der Waals surface area contributed by atoms with E-state index in [0.717, 1.165) is 0 Å². The van der Waals surface area contributed by atoms with E-state index >= 15 is 0 Å². The summed E-state index contributed by atoms with van der Waals surface area (Å²) in [5, 5.41) is 3.56. The number of hydrogen-bond donors (Lipinski definition) is 1. The molecule has 3 rings (SSSR count). The molecule has 1 aliphatic heterocycles. The van der Waals surface area contributed by atoms with Gasteiger partial charge in [0.15, 0.2) is 21.3 Å². The average Bonchev–Trinajstić information content (AvgIpc) is 3.17. The lowest BCUT2D eigenvalue weighted by atomic mass is 10.3. The zero-order chi connectivity index (χ0) is 16.4.